The Hall–Kier alpha value is -2.00. The van der Waals surface area contributed by atoms with Crippen LogP contribution in [0.15, 0.2) is 42.5 Å². The van der Waals surface area contributed by atoms with Gasteiger partial charge in [-0.05, 0) is 49.1 Å². The molecule has 1 N–H and O–H groups in total. The molecule has 0 saturated heterocycles. The quantitative estimate of drug-likeness (QED) is 0.820. The maximum absolute atomic E-state index is 12.5. The largest absolute Gasteiger partial charge is 0.481 e. The molecule has 2 rings (SSSR count). The molecule has 0 bridgehead atoms. The van der Waals surface area contributed by atoms with E-state index in [1.165, 1.54) is 0 Å². The Morgan fingerprint density at radius 3 is 2.43 bits per heavy atom. The van der Waals surface area contributed by atoms with E-state index >= 15 is 0 Å². The van der Waals surface area contributed by atoms with E-state index in [0.717, 1.165) is 29.7 Å². The third kappa shape index (κ3) is 4.26. The van der Waals surface area contributed by atoms with Gasteiger partial charge >= 0.3 is 0 Å². The number of nitrogens with one attached hydrogen (secondary N) is 1. The third-order valence-corrected chi connectivity index (χ3v) is 4.10. The minimum Gasteiger partial charge on any atom is -0.481 e. The summed E-state index contributed by atoms with van der Waals surface area (Å²) in [6.45, 7) is 5.83. The number of para-hydroxylation sites is 1. The van der Waals surface area contributed by atoms with E-state index in [1.54, 1.807) is 6.92 Å². The Morgan fingerprint density at radius 1 is 1.13 bits per heavy atom. The van der Waals surface area contributed by atoms with Crippen LogP contribution in [-0.4, -0.2) is 12.0 Å². The molecule has 0 aliphatic rings. The fourth-order valence-corrected chi connectivity index (χ4v) is 2.74. The molecule has 2 aromatic carbocycles. The van der Waals surface area contributed by atoms with Crippen LogP contribution >= 0.6 is 11.6 Å². The smallest absolute Gasteiger partial charge is 0.265 e. The summed E-state index contributed by atoms with van der Waals surface area (Å²) in [5.74, 6) is 0.494. The van der Waals surface area contributed by atoms with E-state index in [-0.39, 0.29) is 5.91 Å². The molecule has 1 amide bonds. The minimum absolute atomic E-state index is 0.180. The van der Waals surface area contributed by atoms with Crippen LogP contribution < -0.4 is 10.1 Å². The van der Waals surface area contributed by atoms with E-state index in [2.05, 4.69) is 12.2 Å². The number of hydrogen-bond donors (Lipinski definition) is 1. The fourth-order valence-electron chi connectivity index (χ4n) is 2.45. The van der Waals surface area contributed by atoms with Gasteiger partial charge in [0, 0.05) is 10.7 Å². The van der Waals surface area contributed by atoms with Crippen LogP contribution in [0, 0.1) is 0 Å². The third-order valence-electron chi connectivity index (χ3n) is 3.75. The van der Waals surface area contributed by atoms with E-state index in [9.17, 15) is 4.79 Å². The summed E-state index contributed by atoms with van der Waals surface area (Å²) >= 11 is 6.27. The molecule has 4 heteroatoms. The Balaban J connectivity index is 2.18. The van der Waals surface area contributed by atoms with Crippen LogP contribution in [0.3, 0.4) is 0 Å². The highest BCUT2D eigenvalue weighted by Gasteiger charge is 2.18. The van der Waals surface area contributed by atoms with Crippen molar-refractivity contribution in [3.05, 3.63) is 58.6 Å². The first kappa shape index (κ1) is 17.4. The molecule has 0 aliphatic carbocycles. The van der Waals surface area contributed by atoms with Crippen LogP contribution in [0.25, 0.3) is 0 Å². The number of aryl methyl sites for hydroxylation is 1. The van der Waals surface area contributed by atoms with E-state index in [0.29, 0.717) is 10.8 Å². The van der Waals surface area contributed by atoms with Crippen LogP contribution in [0.4, 0.5) is 5.69 Å². The summed E-state index contributed by atoms with van der Waals surface area (Å²) in [5.41, 5.74) is 2.86. The average Bonchev–Trinajstić information content (AvgIpc) is 2.56. The Bertz CT molecular complexity index is 671. The van der Waals surface area contributed by atoms with Crippen molar-refractivity contribution in [1.29, 1.82) is 0 Å². The fraction of sp³-hybridized carbons (Fsp3) is 0.316. The van der Waals surface area contributed by atoms with E-state index in [1.807, 2.05) is 49.4 Å². The van der Waals surface area contributed by atoms with Gasteiger partial charge in [-0.2, -0.15) is 0 Å². The second kappa shape index (κ2) is 8.02. The van der Waals surface area contributed by atoms with Gasteiger partial charge in [0.15, 0.2) is 6.10 Å². The normalized spacial score (nSPS) is 11.8. The Kier molecular flexibility index (Phi) is 6.05. The summed E-state index contributed by atoms with van der Waals surface area (Å²) in [6.07, 6.45) is 0.995. The number of carbonyl (C=O) groups excluding carboxylic acids is 1. The van der Waals surface area contributed by atoms with Gasteiger partial charge in [0.1, 0.15) is 5.75 Å². The second-order valence-corrected chi connectivity index (χ2v) is 5.74. The van der Waals surface area contributed by atoms with Crippen LogP contribution in [-0.2, 0) is 17.6 Å². The molecule has 0 saturated carbocycles. The zero-order valence-corrected chi connectivity index (χ0v) is 14.5. The molecule has 0 radical (unpaired) electrons. The summed E-state index contributed by atoms with van der Waals surface area (Å²) in [7, 11) is 0. The van der Waals surface area contributed by atoms with Crippen molar-refractivity contribution < 1.29 is 9.53 Å². The number of rotatable bonds is 6. The van der Waals surface area contributed by atoms with Gasteiger partial charge in [0.05, 0.1) is 0 Å². The van der Waals surface area contributed by atoms with Crippen LogP contribution in [0.2, 0.25) is 5.02 Å². The summed E-state index contributed by atoms with van der Waals surface area (Å²) in [4.78, 5) is 12.5. The lowest BCUT2D eigenvalue weighted by molar-refractivity contribution is -0.122. The standard InChI is InChI=1S/C19H22ClNO2/c1-4-14-11-12-17(20)16(5-2)18(14)21-19(22)13(3)23-15-9-7-6-8-10-15/h6-13H,4-5H2,1-3H3,(H,21,22)/t13-/m1/s1. The second-order valence-electron chi connectivity index (χ2n) is 5.33. The molecule has 0 spiro atoms. The molecular weight excluding hydrogens is 310 g/mol. The predicted octanol–water partition coefficient (Wildman–Crippen LogP) is 4.87. The number of carbonyl (C=O) groups is 1. The number of amides is 1. The maximum Gasteiger partial charge on any atom is 0.265 e. The summed E-state index contributed by atoms with van der Waals surface area (Å²) < 4.78 is 5.68. The summed E-state index contributed by atoms with van der Waals surface area (Å²) in [6, 6.07) is 13.2. The van der Waals surface area contributed by atoms with Crippen molar-refractivity contribution in [2.24, 2.45) is 0 Å². The molecule has 122 valence electrons. The zero-order chi connectivity index (χ0) is 16.8. The summed E-state index contributed by atoms with van der Waals surface area (Å²) in [5, 5.41) is 3.67. The first-order chi connectivity index (χ1) is 11.1. The topological polar surface area (TPSA) is 38.3 Å². The van der Waals surface area contributed by atoms with Crippen LogP contribution in [0.5, 0.6) is 5.75 Å². The van der Waals surface area contributed by atoms with Gasteiger partial charge in [-0.25, -0.2) is 0 Å². The first-order valence-corrected chi connectivity index (χ1v) is 8.27. The highest BCUT2D eigenvalue weighted by atomic mass is 35.5. The molecule has 0 heterocycles. The van der Waals surface area contributed by atoms with Crippen LogP contribution in [0.1, 0.15) is 31.9 Å². The molecule has 0 unspecified atom stereocenters. The lowest BCUT2D eigenvalue weighted by Crippen LogP contribution is -2.31. The molecular formula is C19H22ClNO2. The van der Waals surface area contributed by atoms with Crippen molar-refractivity contribution in [2.45, 2.75) is 39.7 Å². The molecule has 1 atom stereocenters. The molecule has 3 nitrogen and oxygen atoms in total. The number of halogens is 1. The lowest BCUT2D eigenvalue weighted by Gasteiger charge is -2.19. The van der Waals surface area contributed by atoms with Crippen molar-refractivity contribution in [3.63, 3.8) is 0 Å². The van der Waals surface area contributed by atoms with Crippen molar-refractivity contribution >= 4 is 23.2 Å². The first-order valence-electron chi connectivity index (χ1n) is 7.89. The lowest BCUT2D eigenvalue weighted by atomic mass is 10.0. The van der Waals surface area contributed by atoms with Gasteiger partial charge in [-0.1, -0.05) is 49.7 Å². The van der Waals surface area contributed by atoms with Gasteiger partial charge in [-0.15, -0.1) is 0 Å². The van der Waals surface area contributed by atoms with Gasteiger partial charge < -0.3 is 10.1 Å². The monoisotopic (exact) mass is 331 g/mol. The number of hydrogen-bond acceptors (Lipinski definition) is 2. The van der Waals surface area contributed by atoms with Gasteiger partial charge in [0.25, 0.3) is 5.91 Å². The van der Waals surface area contributed by atoms with E-state index in [4.69, 9.17) is 16.3 Å². The molecule has 0 aliphatic heterocycles. The van der Waals surface area contributed by atoms with Gasteiger partial charge in [0.2, 0.25) is 0 Å². The number of ether oxygens (including phenoxy) is 1. The zero-order valence-electron chi connectivity index (χ0n) is 13.7. The van der Waals surface area contributed by atoms with Crippen molar-refractivity contribution in [2.75, 3.05) is 5.32 Å². The molecule has 2 aromatic rings. The van der Waals surface area contributed by atoms with E-state index < -0.39 is 6.10 Å². The number of benzene rings is 2. The predicted molar refractivity (Wildman–Crippen MR) is 95.4 cm³/mol. The average molecular weight is 332 g/mol. The van der Waals surface area contributed by atoms with Crippen molar-refractivity contribution in [1.82, 2.24) is 0 Å². The van der Waals surface area contributed by atoms with Crippen molar-refractivity contribution in [3.8, 4) is 5.75 Å². The highest BCUT2D eigenvalue weighted by Crippen LogP contribution is 2.29. The molecule has 0 aromatic heterocycles. The molecule has 0 fully saturated rings. The Morgan fingerprint density at radius 2 is 1.83 bits per heavy atom. The SMILES string of the molecule is CCc1ccc(Cl)c(CC)c1NC(=O)[C@@H](C)Oc1ccccc1. The molecule has 23 heavy (non-hydrogen) atoms. The maximum atomic E-state index is 12.5. The minimum atomic E-state index is -0.592. The van der Waals surface area contributed by atoms with Gasteiger partial charge in [-0.3, -0.25) is 4.79 Å². The number of anilines is 1. The Labute approximate surface area is 142 Å². The highest BCUT2D eigenvalue weighted by molar-refractivity contribution is 6.32.